The van der Waals surface area contributed by atoms with Crippen molar-refractivity contribution in [3.63, 3.8) is 0 Å². The van der Waals surface area contributed by atoms with Crippen LogP contribution in [0, 0.1) is 0 Å². The fourth-order valence-electron chi connectivity index (χ4n) is 1.32. The first-order valence-electron chi connectivity index (χ1n) is 5.87. The average molecular weight is 269 g/mol. The third-order valence-electron chi connectivity index (χ3n) is 2.43. The maximum atomic E-state index is 11.4. The molecule has 1 heterocycles. The summed E-state index contributed by atoms with van der Waals surface area (Å²) in [6, 6.07) is 3.43. The summed E-state index contributed by atoms with van der Waals surface area (Å²) in [6.07, 6.45) is 5.59. The van der Waals surface area contributed by atoms with Crippen LogP contribution < -0.4 is 5.32 Å². The van der Waals surface area contributed by atoms with Crippen LogP contribution in [0.4, 0.5) is 0 Å². The van der Waals surface area contributed by atoms with Crippen LogP contribution in [-0.4, -0.2) is 28.6 Å². The zero-order valence-electron chi connectivity index (χ0n) is 10.3. The van der Waals surface area contributed by atoms with Crippen molar-refractivity contribution in [1.82, 2.24) is 10.3 Å². The minimum atomic E-state index is -0.353. The summed E-state index contributed by atoms with van der Waals surface area (Å²) in [5.74, 6) is -0.189. The van der Waals surface area contributed by atoms with Crippen molar-refractivity contribution in [3.8, 4) is 0 Å². The van der Waals surface area contributed by atoms with E-state index in [9.17, 15) is 9.90 Å². The van der Waals surface area contributed by atoms with Crippen molar-refractivity contribution in [2.45, 2.75) is 25.9 Å². The number of carbonyl (C=O) groups excluding carboxylic acids is 1. The third kappa shape index (κ3) is 5.80. The molecule has 0 aliphatic carbocycles. The van der Waals surface area contributed by atoms with Crippen LogP contribution >= 0.6 is 11.6 Å². The van der Waals surface area contributed by atoms with Gasteiger partial charge < -0.3 is 10.4 Å². The van der Waals surface area contributed by atoms with Crippen LogP contribution in [0.15, 0.2) is 24.4 Å². The number of rotatable bonds is 6. The van der Waals surface area contributed by atoms with Gasteiger partial charge in [0.2, 0.25) is 5.91 Å². The molecule has 0 aromatic carbocycles. The maximum absolute atomic E-state index is 11.4. The third-order valence-corrected chi connectivity index (χ3v) is 2.63. The number of nitrogens with one attached hydrogen (secondary N) is 1. The summed E-state index contributed by atoms with van der Waals surface area (Å²) < 4.78 is 0. The predicted octanol–water partition coefficient (Wildman–Crippen LogP) is 2.03. The van der Waals surface area contributed by atoms with Crippen molar-refractivity contribution in [2.75, 3.05) is 6.54 Å². The van der Waals surface area contributed by atoms with Gasteiger partial charge in [-0.3, -0.25) is 4.79 Å². The highest BCUT2D eigenvalue weighted by Gasteiger charge is 2.01. The number of aliphatic hydroxyl groups is 1. The first-order valence-corrected chi connectivity index (χ1v) is 6.25. The fraction of sp³-hybridized carbons (Fsp3) is 0.385. The Bertz CT molecular complexity index is 421. The van der Waals surface area contributed by atoms with Gasteiger partial charge in [0.05, 0.1) is 6.10 Å². The smallest absolute Gasteiger partial charge is 0.244 e. The lowest BCUT2D eigenvalue weighted by Crippen LogP contribution is -2.25. The molecule has 4 nitrogen and oxygen atoms in total. The molecule has 1 amide bonds. The molecule has 2 N–H and O–H groups in total. The van der Waals surface area contributed by atoms with Gasteiger partial charge in [0.25, 0.3) is 0 Å². The molecular formula is C13H17ClN2O2. The van der Waals surface area contributed by atoms with Crippen LogP contribution in [0.2, 0.25) is 5.15 Å². The molecule has 0 aliphatic heterocycles. The largest absolute Gasteiger partial charge is 0.393 e. The molecule has 1 unspecified atom stereocenters. The summed E-state index contributed by atoms with van der Waals surface area (Å²) in [6.45, 7) is 2.37. The van der Waals surface area contributed by atoms with Gasteiger partial charge in [0.15, 0.2) is 0 Å². The molecule has 1 rings (SSSR count). The molecule has 5 heteroatoms. The number of aromatic nitrogens is 1. The lowest BCUT2D eigenvalue weighted by Gasteiger charge is -2.07. The minimum Gasteiger partial charge on any atom is -0.393 e. The number of hydrogen-bond acceptors (Lipinski definition) is 3. The molecule has 1 aromatic heterocycles. The minimum absolute atomic E-state index is 0.189. The molecule has 0 aliphatic rings. The van der Waals surface area contributed by atoms with E-state index in [1.165, 1.54) is 6.08 Å². The number of amides is 1. The molecule has 0 fully saturated rings. The second-order valence-electron chi connectivity index (χ2n) is 3.89. The van der Waals surface area contributed by atoms with Gasteiger partial charge in [-0.2, -0.15) is 0 Å². The van der Waals surface area contributed by atoms with Crippen molar-refractivity contribution in [2.24, 2.45) is 0 Å². The summed E-state index contributed by atoms with van der Waals surface area (Å²) in [4.78, 5) is 15.3. The van der Waals surface area contributed by atoms with Gasteiger partial charge in [0, 0.05) is 18.8 Å². The topological polar surface area (TPSA) is 62.2 Å². The van der Waals surface area contributed by atoms with E-state index in [-0.39, 0.29) is 12.0 Å². The molecule has 0 bridgehead atoms. The van der Waals surface area contributed by atoms with E-state index >= 15 is 0 Å². The van der Waals surface area contributed by atoms with E-state index in [0.717, 1.165) is 5.56 Å². The molecule has 0 spiro atoms. The van der Waals surface area contributed by atoms with E-state index in [0.29, 0.717) is 24.5 Å². The first kappa shape index (κ1) is 14.7. The number of hydrogen-bond donors (Lipinski definition) is 2. The zero-order valence-corrected chi connectivity index (χ0v) is 11.0. The number of aliphatic hydroxyl groups excluding tert-OH is 1. The highest BCUT2D eigenvalue weighted by molar-refractivity contribution is 6.29. The Morgan fingerprint density at radius 2 is 2.44 bits per heavy atom. The molecule has 18 heavy (non-hydrogen) atoms. The molecule has 98 valence electrons. The average Bonchev–Trinajstić information content (AvgIpc) is 2.36. The summed E-state index contributed by atoms with van der Waals surface area (Å²) >= 11 is 5.72. The molecule has 0 saturated heterocycles. The monoisotopic (exact) mass is 268 g/mol. The maximum Gasteiger partial charge on any atom is 0.244 e. The van der Waals surface area contributed by atoms with Crippen molar-refractivity contribution in [3.05, 3.63) is 35.1 Å². The Morgan fingerprint density at radius 1 is 1.67 bits per heavy atom. The van der Waals surface area contributed by atoms with Crippen molar-refractivity contribution < 1.29 is 9.90 Å². The SMILES string of the molecule is CCC(O)CCNC(=O)/C=C/c1ccnc(Cl)c1. The van der Waals surface area contributed by atoms with E-state index in [1.807, 2.05) is 6.92 Å². The van der Waals surface area contributed by atoms with Gasteiger partial charge >= 0.3 is 0 Å². The number of halogens is 1. The molecule has 0 saturated carbocycles. The number of pyridine rings is 1. The van der Waals surface area contributed by atoms with Crippen LogP contribution in [0.1, 0.15) is 25.3 Å². The van der Waals surface area contributed by atoms with Gasteiger partial charge in [-0.15, -0.1) is 0 Å². The molecule has 0 radical (unpaired) electrons. The second-order valence-corrected chi connectivity index (χ2v) is 4.27. The first-order chi connectivity index (χ1) is 8.61. The lowest BCUT2D eigenvalue weighted by atomic mass is 10.2. The Morgan fingerprint density at radius 3 is 3.11 bits per heavy atom. The van der Waals surface area contributed by atoms with Gasteiger partial charge in [-0.25, -0.2) is 4.98 Å². The van der Waals surface area contributed by atoms with Gasteiger partial charge in [0.1, 0.15) is 5.15 Å². The van der Waals surface area contributed by atoms with E-state index < -0.39 is 0 Å². The fourth-order valence-corrected chi connectivity index (χ4v) is 1.50. The van der Waals surface area contributed by atoms with Crippen LogP contribution in [0.25, 0.3) is 6.08 Å². The second kappa shape index (κ2) is 7.84. The van der Waals surface area contributed by atoms with E-state index in [2.05, 4.69) is 10.3 Å². The summed E-state index contributed by atoms with van der Waals surface area (Å²) in [5.41, 5.74) is 0.818. The quantitative estimate of drug-likeness (QED) is 0.613. The Kier molecular flexibility index (Phi) is 6.39. The van der Waals surface area contributed by atoms with Gasteiger partial charge in [-0.1, -0.05) is 18.5 Å². The normalized spacial score (nSPS) is 12.6. The van der Waals surface area contributed by atoms with Crippen molar-refractivity contribution >= 4 is 23.6 Å². The highest BCUT2D eigenvalue weighted by atomic mass is 35.5. The Labute approximate surface area is 112 Å². The van der Waals surface area contributed by atoms with Gasteiger partial charge in [-0.05, 0) is 36.6 Å². The summed E-state index contributed by atoms with van der Waals surface area (Å²) in [7, 11) is 0. The van der Waals surface area contributed by atoms with E-state index in [1.54, 1.807) is 24.4 Å². The predicted molar refractivity (Wildman–Crippen MR) is 72.2 cm³/mol. The zero-order chi connectivity index (χ0) is 13.4. The van der Waals surface area contributed by atoms with Crippen molar-refractivity contribution in [1.29, 1.82) is 0 Å². The molecular weight excluding hydrogens is 252 g/mol. The molecule has 1 atom stereocenters. The standard InChI is InChI=1S/C13H17ClN2O2/c1-2-11(17)6-8-16-13(18)4-3-10-5-7-15-12(14)9-10/h3-5,7,9,11,17H,2,6,8H2,1H3,(H,16,18)/b4-3+. The Balaban J connectivity index is 2.36. The van der Waals surface area contributed by atoms with E-state index in [4.69, 9.17) is 11.6 Å². The Hall–Kier alpha value is -1.39. The lowest BCUT2D eigenvalue weighted by molar-refractivity contribution is -0.116. The number of nitrogens with zero attached hydrogens (tertiary/aromatic N) is 1. The van der Waals surface area contributed by atoms with Crippen LogP contribution in [-0.2, 0) is 4.79 Å². The van der Waals surface area contributed by atoms with Crippen LogP contribution in [0.5, 0.6) is 0 Å². The molecule has 1 aromatic rings. The van der Waals surface area contributed by atoms with Crippen LogP contribution in [0.3, 0.4) is 0 Å². The summed E-state index contributed by atoms with van der Waals surface area (Å²) in [5, 5.41) is 12.4. The number of carbonyl (C=O) groups is 1. The highest BCUT2D eigenvalue weighted by Crippen LogP contribution is 2.08.